The second-order valence-corrected chi connectivity index (χ2v) is 9.80. The molecule has 4 unspecified atom stereocenters. The van der Waals surface area contributed by atoms with E-state index in [4.69, 9.17) is 9.47 Å². The first-order valence-corrected chi connectivity index (χ1v) is 12.1. The van der Waals surface area contributed by atoms with E-state index in [0.717, 1.165) is 0 Å². The van der Waals surface area contributed by atoms with Crippen molar-refractivity contribution >= 4 is 22.3 Å². The molecule has 4 aromatic carbocycles. The fourth-order valence-electron chi connectivity index (χ4n) is 7.05. The van der Waals surface area contributed by atoms with Crippen LogP contribution in [0.1, 0.15) is 68.9 Å². The highest BCUT2D eigenvalue weighted by atomic mass is 16.5. The number of rotatable bonds is 0. The standard InChI is InChI=1S/C32H20O2/c1-2-10-18-17(9-1)25-27(31-22-14-6-5-13-21(22)29(25)33-31)19-11-3-4-12-20(19)28-26(18)30-23-15-7-8-16-24(23)32(28)34-30/h1-16,29-32H. The molecule has 9 rings (SSSR count). The fourth-order valence-corrected chi connectivity index (χ4v) is 7.05. The summed E-state index contributed by atoms with van der Waals surface area (Å²) in [5, 5.41) is 0. The van der Waals surface area contributed by atoms with E-state index < -0.39 is 0 Å². The van der Waals surface area contributed by atoms with Crippen molar-refractivity contribution in [2.24, 2.45) is 0 Å². The molecule has 1 aliphatic carbocycles. The van der Waals surface area contributed by atoms with Gasteiger partial charge in [-0.25, -0.2) is 0 Å². The van der Waals surface area contributed by atoms with Gasteiger partial charge in [-0.3, -0.25) is 0 Å². The minimum atomic E-state index is -0.0284. The summed E-state index contributed by atoms with van der Waals surface area (Å²) in [5.41, 5.74) is 15.7. The Labute approximate surface area is 197 Å². The molecule has 0 aromatic heterocycles. The smallest absolute Gasteiger partial charge is 0.110 e. The van der Waals surface area contributed by atoms with E-state index in [0.29, 0.717) is 0 Å². The van der Waals surface area contributed by atoms with Crippen molar-refractivity contribution in [1.29, 1.82) is 0 Å². The lowest BCUT2D eigenvalue weighted by atomic mass is 9.71. The molecule has 2 nitrogen and oxygen atoms in total. The summed E-state index contributed by atoms with van der Waals surface area (Å²) in [4.78, 5) is 0. The first-order chi connectivity index (χ1) is 16.9. The Morgan fingerprint density at radius 2 is 0.559 bits per heavy atom. The quantitative estimate of drug-likeness (QED) is 0.285. The molecule has 4 aliphatic heterocycles. The van der Waals surface area contributed by atoms with Gasteiger partial charge in [0, 0.05) is 0 Å². The zero-order chi connectivity index (χ0) is 22.0. The third kappa shape index (κ3) is 1.94. The summed E-state index contributed by atoms with van der Waals surface area (Å²) in [7, 11) is 0. The topological polar surface area (TPSA) is 18.5 Å². The first-order valence-electron chi connectivity index (χ1n) is 12.1. The van der Waals surface area contributed by atoms with Gasteiger partial charge in [-0.15, -0.1) is 0 Å². The van der Waals surface area contributed by atoms with Crippen molar-refractivity contribution in [3.63, 3.8) is 0 Å². The summed E-state index contributed by atoms with van der Waals surface area (Å²) < 4.78 is 13.5. The van der Waals surface area contributed by atoms with E-state index in [1.165, 1.54) is 66.8 Å². The van der Waals surface area contributed by atoms with E-state index >= 15 is 0 Å². The van der Waals surface area contributed by atoms with Gasteiger partial charge in [0.05, 0.1) is 0 Å². The van der Waals surface area contributed by atoms with Crippen molar-refractivity contribution in [2.75, 3.05) is 0 Å². The first kappa shape index (κ1) is 17.7. The van der Waals surface area contributed by atoms with Crippen LogP contribution in [-0.2, 0) is 9.47 Å². The van der Waals surface area contributed by atoms with Crippen molar-refractivity contribution in [3.05, 3.63) is 142 Å². The van der Waals surface area contributed by atoms with E-state index in [1.807, 2.05) is 0 Å². The van der Waals surface area contributed by atoms with E-state index in [2.05, 4.69) is 97.1 Å². The second kappa shape index (κ2) is 6.04. The average molecular weight is 437 g/mol. The number of ether oxygens (including phenoxy) is 2. The molecule has 0 spiro atoms. The summed E-state index contributed by atoms with van der Waals surface area (Å²) >= 11 is 0. The van der Waals surface area contributed by atoms with Gasteiger partial charge in [-0.05, 0) is 66.8 Å². The van der Waals surface area contributed by atoms with Crippen LogP contribution in [0, 0.1) is 0 Å². The SMILES string of the molecule is c1ccc2c(c1)C1=C(c3ccccc3C3=C2C2OC3c3ccccc32)C2OC1c1ccccc12. The van der Waals surface area contributed by atoms with Gasteiger partial charge in [-0.1, -0.05) is 97.1 Å². The van der Waals surface area contributed by atoms with Gasteiger partial charge in [0.1, 0.15) is 24.4 Å². The highest BCUT2D eigenvalue weighted by Crippen LogP contribution is 2.67. The molecule has 0 fully saturated rings. The second-order valence-electron chi connectivity index (χ2n) is 9.80. The van der Waals surface area contributed by atoms with Crippen LogP contribution in [0.25, 0.3) is 22.3 Å². The Bertz CT molecular complexity index is 1400. The summed E-state index contributed by atoms with van der Waals surface area (Å²) in [6.45, 7) is 0. The van der Waals surface area contributed by atoms with Gasteiger partial charge in [0.2, 0.25) is 0 Å². The molecular weight excluding hydrogens is 416 g/mol. The maximum atomic E-state index is 6.74. The fraction of sp³-hybridized carbons (Fsp3) is 0.125. The molecule has 4 atom stereocenters. The molecule has 0 amide bonds. The molecule has 4 heterocycles. The van der Waals surface area contributed by atoms with E-state index in [-0.39, 0.29) is 24.4 Å². The average Bonchev–Trinajstić information content (AvgIpc) is 3.65. The van der Waals surface area contributed by atoms with E-state index in [1.54, 1.807) is 0 Å². The minimum absolute atomic E-state index is 0.0284. The Hall–Kier alpha value is -3.72. The lowest BCUT2D eigenvalue weighted by Crippen LogP contribution is -2.12. The van der Waals surface area contributed by atoms with Crippen LogP contribution < -0.4 is 0 Å². The molecular formula is C32H20O2. The molecule has 2 heteroatoms. The molecule has 0 N–H and O–H groups in total. The highest BCUT2D eigenvalue weighted by Gasteiger charge is 2.51. The molecule has 160 valence electrons. The number of hydrogen-bond donors (Lipinski definition) is 0. The maximum Gasteiger partial charge on any atom is 0.110 e. The molecule has 5 aliphatic rings. The Balaban J connectivity index is 1.41. The molecule has 0 radical (unpaired) electrons. The third-order valence-corrected chi connectivity index (χ3v) is 8.31. The molecule has 4 aromatic rings. The maximum absolute atomic E-state index is 6.74. The summed E-state index contributed by atoms with van der Waals surface area (Å²) in [5.74, 6) is 0. The lowest BCUT2D eigenvalue weighted by Gasteiger charge is -2.29. The zero-order valence-corrected chi connectivity index (χ0v) is 18.4. The molecule has 34 heavy (non-hydrogen) atoms. The largest absolute Gasteiger partial charge is 0.356 e. The number of hydrogen-bond acceptors (Lipinski definition) is 2. The zero-order valence-electron chi connectivity index (χ0n) is 18.4. The molecule has 0 saturated heterocycles. The predicted octanol–water partition coefficient (Wildman–Crippen LogP) is 7.47. The van der Waals surface area contributed by atoms with Crippen LogP contribution in [0.4, 0.5) is 0 Å². The van der Waals surface area contributed by atoms with Crippen LogP contribution in [-0.4, -0.2) is 0 Å². The van der Waals surface area contributed by atoms with E-state index in [9.17, 15) is 0 Å². The summed E-state index contributed by atoms with van der Waals surface area (Å²) in [6.07, 6.45) is -0.114. The van der Waals surface area contributed by atoms with Crippen molar-refractivity contribution in [3.8, 4) is 0 Å². The van der Waals surface area contributed by atoms with Gasteiger partial charge in [0.25, 0.3) is 0 Å². The Morgan fingerprint density at radius 3 is 0.824 bits per heavy atom. The van der Waals surface area contributed by atoms with Crippen LogP contribution in [0.3, 0.4) is 0 Å². The summed E-state index contributed by atoms with van der Waals surface area (Å²) in [6, 6.07) is 35.3. The number of fused-ring (bicyclic) bond motifs is 20. The molecule has 0 saturated carbocycles. The predicted molar refractivity (Wildman–Crippen MR) is 133 cm³/mol. The van der Waals surface area contributed by atoms with Crippen LogP contribution in [0.2, 0.25) is 0 Å². The normalized spacial score (nSPS) is 26.4. The van der Waals surface area contributed by atoms with Gasteiger partial charge < -0.3 is 9.47 Å². The molecule has 4 bridgehead atoms. The van der Waals surface area contributed by atoms with Gasteiger partial charge >= 0.3 is 0 Å². The lowest BCUT2D eigenvalue weighted by molar-refractivity contribution is 0.0941. The van der Waals surface area contributed by atoms with Gasteiger partial charge in [0.15, 0.2) is 0 Å². The Morgan fingerprint density at radius 1 is 0.324 bits per heavy atom. The third-order valence-electron chi connectivity index (χ3n) is 8.31. The van der Waals surface area contributed by atoms with Crippen LogP contribution in [0.15, 0.2) is 97.1 Å². The highest BCUT2D eigenvalue weighted by molar-refractivity contribution is 6.11. The Kier molecular flexibility index (Phi) is 3.15. The van der Waals surface area contributed by atoms with Gasteiger partial charge in [-0.2, -0.15) is 0 Å². The van der Waals surface area contributed by atoms with Crippen molar-refractivity contribution in [1.82, 2.24) is 0 Å². The van der Waals surface area contributed by atoms with Crippen LogP contribution in [0.5, 0.6) is 0 Å². The van der Waals surface area contributed by atoms with Crippen LogP contribution >= 0.6 is 0 Å². The monoisotopic (exact) mass is 436 g/mol. The number of benzene rings is 4. The van der Waals surface area contributed by atoms with Crippen molar-refractivity contribution < 1.29 is 9.47 Å². The van der Waals surface area contributed by atoms with Crippen molar-refractivity contribution in [2.45, 2.75) is 24.4 Å². The minimum Gasteiger partial charge on any atom is -0.356 e.